The van der Waals surface area contributed by atoms with Crippen molar-refractivity contribution in [3.8, 4) is 11.1 Å². The maximum absolute atomic E-state index is 5.81. The third-order valence-electron chi connectivity index (χ3n) is 5.01. The molecule has 0 bridgehead atoms. The minimum atomic E-state index is 0.314. The van der Waals surface area contributed by atoms with Gasteiger partial charge >= 0.3 is 0 Å². The number of nitrogens with zero attached hydrogens (tertiary/aromatic N) is 3. The maximum atomic E-state index is 5.81. The van der Waals surface area contributed by atoms with E-state index in [9.17, 15) is 0 Å². The van der Waals surface area contributed by atoms with Crippen LogP contribution < -0.4 is 4.90 Å². The average molecular weight is 368 g/mol. The van der Waals surface area contributed by atoms with Gasteiger partial charge in [-0.3, -0.25) is 0 Å². The van der Waals surface area contributed by atoms with Gasteiger partial charge in [-0.15, -0.1) is 11.3 Å². The van der Waals surface area contributed by atoms with E-state index in [-0.39, 0.29) is 0 Å². The van der Waals surface area contributed by atoms with Crippen LogP contribution in [0, 0.1) is 5.92 Å². The van der Waals surface area contributed by atoms with Gasteiger partial charge in [0.2, 0.25) is 0 Å². The molecule has 3 heterocycles. The summed E-state index contributed by atoms with van der Waals surface area (Å²) in [6.45, 7) is 7.14. The summed E-state index contributed by atoms with van der Waals surface area (Å²) in [7, 11) is 0. The molecule has 0 radical (unpaired) electrons. The number of fused-ring (bicyclic) bond motifs is 1. The lowest BCUT2D eigenvalue weighted by atomic mass is 9.97. The van der Waals surface area contributed by atoms with Crippen molar-refractivity contribution in [2.45, 2.75) is 32.8 Å². The smallest absolute Gasteiger partial charge is 0.141 e. The lowest BCUT2D eigenvalue weighted by Crippen LogP contribution is -2.36. The maximum Gasteiger partial charge on any atom is 0.141 e. The van der Waals surface area contributed by atoms with E-state index in [1.807, 2.05) is 0 Å². The van der Waals surface area contributed by atoms with Gasteiger partial charge < -0.3 is 9.64 Å². The zero-order valence-electron chi connectivity index (χ0n) is 15.4. The zero-order chi connectivity index (χ0) is 17.9. The van der Waals surface area contributed by atoms with E-state index >= 15 is 0 Å². The first-order chi connectivity index (χ1) is 12.7. The molecular weight excluding hydrogens is 342 g/mol. The van der Waals surface area contributed by atoms with E-state index in [0.29, 0.717) is 12.0 Å². The Morgan fingerprint density at radius 3 is 2.65 bits per heavy atom. The van der Waals surface area contributed by atoms with Gasteiger partial charge in [-0.05, 0) is 38.2 Å². The summed E-state index contributed by atoms with van der Waals surface area (Å²) in [6.07, 6.45) is 4.33. The predicted octanol–water partition coefficient (Wildman–Crippen LogP) is 5.00. The molecule has 136 valence electrons. The van der Waals surface area contributed by atoms with Gasteiger partial charge in [-0.2, -0.15) is 0 Å². The number of ether oxygens (including phenoxy) is 1. The fraction of sp³-hybridized carbons (Fsp3) is 0.429. The molecule has 0 unspecified atom stereocenters. The van der Waals surface area contributed by atoms with Crippen LogP contribution in [0.4, 0.5) is 5.82 Å². The molecule has 1 aliphatic heterocycles. The number of hydrogen-bond acceptors (Lipinski definition) is 5. The molecule has 26 heavy (non-hydrogen) atoms. The molecule has 0 spiro atoms. The Kier molecular flexibility index (Phi) is 5.18. The summed E-state index contributed by atoms with van der Waals surface area (Å²) in [5.41, 5.74) is 2.47. The van der Waals surface area contributed by atoms with Gasteiger partial charge in [-0.25, -0.2) is 9.97 Å². The molecule has 3 aromatic rings. The number of benzene rings is 1. The van der Waals surface area contributed by atoms with E-state index in [2.05, 4.69) is 64.4 Å². The Hall–Kier alpha value is -1.98. The van der Waals surface area contributed by atoms with Gasteiger partial charge in [0.15, 0.2) is 0 Å². The van der Waals surface area contributed by atoms with Gasteiger partial charge in [0.05, 0.1) is 11.5 Å². The molecule has 4 rings (SSSR count). The number of anilines is 1. The first-order valence-electron chi connectivity index (χ1n) is 9.36. The van der Waals surface area contributed by atoms with Crippen LogP contribution in [0.1, 0.15) is 26.7 Å². The number of thiophene rings is 1. The van der Waals surface area contributed by atoms with Crippen LogP contribution in [-0.2, 0) is 4.74 Å². The zero-order valence-corrected chi connectivity index (χ0v) is 16.2. The fourth-order valence-electron chi connectivity index (χ4n) is 3.57. The second-order valence-electron chi connectivity index (χ2n) is 7.21. The van der Waals surface area contributed by atoms with E-state index in [4.69, 9.17) is 4.74 Å². The summed E-state index contributed by atoms with van der Waals surface area (Å²) < 4.78 is 5.81. The van der Waals surface area contributed by atoms with Crippen LogP contribution >= 0.6 is 11.3 Å². The average Bonchev–Trinajstić information content (AvgIpc) is 3.12. The topological polar surface area (TPSA) is 38.2 Å². The van der Waals surface area contributed by atoms with Gasteiger partial charge in [0.25, 0.3) is 0 Å². The van der Waals surface area contributed by atoms with Crippen molar-refractivity contribution in [3.05, 3.63) is 42.0 Å². The van der Waals surface area contributed by atoms with Crippen molar-refractivity contribution in [1.82, 2.24) is 9.97 Å². The SMILES string of the molecule is CC(C)OCC1CCN(c2ncnc3scc(-c4ccccc4)c23)CC1. The number of rotatable bonds is 5. The van der Waals surface area contributed by atoms with Crippen LogP contribution in [0.2, 0.25) is 0 Å². The first kappa shape index (κ1) is 17.4. The van der Waals surface area contributed by atoms with Gasteiger partial charge in [-0.1, -0.05) is 30.3 Å². The Bertz CT molecular complexity index is 854. The number of aromatic nitrogens is 2. The highest BCUT2D eigenvalue weighted by atomic mass is 32.1. The molecule has 2 aromatic heterocycles. The van der Waals surface area contributed by atoms with Gasteiger partial charge in [0, 0.05) is 30.6 Å². The van der Waals surface area contributed by atoms with Crippen molar-refractivity contribution in [3.63, 3.8) is 0 Å². The third kappa shape index (κ3) is 3.60. The summed E-state index contributed by atoms with van der Waals surface area (Å²) in [5, 5.41) is 3.40. The summed E-state index contributed by atoms with van der Waals surface area (Å²) in [5.74, 6) is 1.74. The van der Waals surface area contributed by atoms with Crippen molar-refractivity contribution >= 4 is 27.4 Å². The first-order valence-corrected chi connectivity index (χ1v) is 10.2. The highest BCUT2D eigenvalue weighted by molar-refractivity contribution is 7.17. The fourth-order valence-corrected chi connectivity index (χ4v) is 4.48. The summed E-state index contributed by atoms with van der Waals surface area (Å²) >= 11 is 1.70. The standard InChI is InChI=1S/C21H25N3OS/c1-15(2)25-12-16-8-10-24(11-9-16)20-19-18(17-6-4-3-5-7-17)13-26-21(19)23-14-22-20/h3-7,13-16H,8-12H2,1-2H3. The summed E-state index contributed by atoms with van der Waals surface area (Å²) in [4.78, 5) is 12.7. The number of piperidine rings is 1. The number of hydrogen-bond donors (Lipinski definition) is 0. The van der Waals surface area contributed by atoms with E-state index in [0.717, 1.165) is 43.2 Å². The third-order valence-corrected chi connectivity index (χ3v) is 5.90. The molecule has 1 aliphatic rings. The Morgan fingerprint density at radius 2 is 1.92 bits per heavy atom. The molecule has 5 heteroatoms. The summed E-state index contributed by atoms with van der Waals surface area (Å²) in [6, 6.07) is 10.5. The molecule has 0 atom stereocenters. The molecular formula is C21H25N3OS. The Morgan fingerprint density at radius 1 is 1.15 bits per heavy atom. The van der Waals surface area contributed by atoms with E-state index in [1.165, 1.54) is 16.5 Å². The Balaban J connectivity index is 1.59. The van der Waals surface area contributed by atoms with Crippen LogP contribution in [0.25, 0.3) is 21.3 Å². The van der Waals surface area contributed by atoms with Crippen molar-refractivity contribution < 1.29 is 4.74 Å². The van der Waals surface area contributed by atoms with Crippen LogP contribution in [-0.4, -0.2) is 35.8 Å². The molecule has 4 nitrogen and oxygen atoms in total. The second-order valence-corrected chi connectivity index (χ2v) is 8.06. The highest BCUT2D eigenvalue weighted by Crippen LogP contribution is 2.38. The monoisotopic (exact) mass is 367 g/mol. The molecule has 0 N–H and O–H groups in total. The molecule has 0 saturated carbocycles. The van der Waals surface area contributed by atoms with Crippen LogP contribution in [0.5, 0.6) is 0 Å². The van der Waals surface area contributed by atoms with Crippen molar-refractivity contribution in [1.29, 1.82) is 0 Å². The van der Waals surface area contributed by atoms with Crippen molar-refractivity contribution in [2.24, 2.45) is 5.92 Å². The van der Waals surface area contributed by atoms with E-state index in [1.54, 1.807) is 17.7 Å². The van der Waals surface area contributed by atoms with Crippen molar-refractivity contribution in [2.75, 3.05) is 24.6 Å². The normalized spacial score (nSPS) is 15.9. The second kappa shape index (κ2) is 7.72. The quantitative estimate of drug-likeness (QED) is 0.636. The molecule has 0 amide bonds. The molecule has 1 fully saturated rings. The van der Waals surface area contributed by atoms with Crippen LogP contribution in [0.15, 0.2) is 42.0 Å². The minimum absolute atomic E-state index is 0.314. The predicted molar refractivity (Wildman–Crippen MR) is 109 cm³/mol. The largest absolute Gasteiger partial charge is 0.379 e. The minimum Gasteiger partial charge on any atom is -0.379 e. The highest BCUT2D eigenvalue weighted by Gasteiger charge is 2.24. The van der Waals surface area contributed by atoms with Gasteiger partial charge in [0.1, 0.15) is 17.0 Å². The van der Waals surface area contributed by atoms with E-state index < -0.39 is 0 Å². The molecule has 0 aliphatic carbocycles. The molecule has 1 saturated heterocycles. The lowest BCUT2D eigenvalue weighted by Gasteiger charge is -2.33. The lowest BCUT2D eigenvalue weighted by molar-refractivity contribution is 0.0449. The molecule has 1 aromatic carbocycles. The van der Waals surface area contributed by atoms with Crippen LogP contribution in [0.3, 0.4) is 0 Å². The Labute approximate surface area is 158 Å².